The fourth-order valence-electron chi connectivity index (χ4n) is 1.86. The molecule has 0 atom stereocenters. The summed E-state index contributed by atoms with van der Waals surface area (Å²) in [5.41, 5.74) is 0.645. The fraction of sp³-hybridized carbons (Fsp3) is 0.286. The van der Waals surface area contributed by atoms with E-state index in [1.807, 2.05) is 36.6 Å². The summed E-state index contributed by atoms with van der Waals surface area (Å²) in [6, 6.07) is 7.75. The maximum atomic E-state index is 12.4. The van der Waals surface area contributed by atoms with Gasteiger partial charge in [0, 0.05) is 22.0 Å². The van der Waals surface area contributed by atoms with E-state index in [-0.39, 0.29) is 12.5 Å². The lowest BCUT2D eigenvalue weighted by molar-refractivity contribution is -0.141. The van der Waals surface area contributed by atoms with E-state index in [0.717, 1.165) is 10.1 Å². The van der Waals surface area contributed by atoms with Gasteiger partial charge in [0.15, 0.2) is 0 Å². The van der Waals surface area contributed by atoms with Gasteiger partial charge in [-0.2, -0.15) is 0 Å². The predicted octanol–water partition coefficient (Wildman–Crippen LogP) is 2.54. The third-order valence-electron chi connectivity index (χ3n) is 2.93. The first-order chi connectivity index (χ1) is 9.17. The van der Waals surface area contributed by atoms with E-state index < -0.39 is 5.97 Å². The van der Waals surface area contributed by atoms with E-state index >= 15 is 0 Å². The highest BCUT2D eigenvalue weighted by atomic mass is 32.1. The molecular formula is C14H15NO3S. The molecule has 1 aromatic carbocycles. The Balaban J connectivity index is 2.29. The van der Waals surface area contributed by atoms with Gasteiger partial charge in [-0.05, 0) is 13.0 Å². The first kappa shape index (κ1) is 13.5. The van der Waals surface area contributed by atoms with Crippen LogP contribution in [-0.2, 0) is 9.53 Å². The number of benzene rings is 1. The van der Waals surface area contributed by atoms with Crippen molar-refractivity contribution in [3.05, 3.63) is 35.2 Å². The third-order valence-corrected chi connectivity index (χ3v) is 3.89. The molecule has 1 amide bonds. The molecule has 0 unspecified atom stereocenters. The van der Waals surface area contributed by atoms with Crippen molar-refractivity contribution < 1.29 is 14.3 Å². The molecular weight excluding hydrogens is 262 g/mol. The molecule has 2 rings (SSSR count). The van der Waals surface area contributed by atoms with Gasteiger partial charge >= 0.3 is 5.97 Å². The van der Waals surface area contributed by atoms with Crippen LogP contribution in [0.1, 0.15) is 17.3 Å². The minimum absolute atomic E-state index is 0.0179. The van der Waals surface area contributed by atoms with Crippen LogP contribution >= 0.6 is 11.3 Å². The monoisotopic (exact) mass is 277 g/mol. The topological polar surface area (TPSA) is 46.6 Å². The van der Waals surface area contributed by atoms with E-state index in [9.17, 15) is 9.59 Å². The molecule has 0 spiro atoms. The summed E-state index contributed by atoms with van der Waals surface area (Å²) < 4.78 is 5.68. The van der Waals surface area contributed by atoms with Crippen LogP contribution in [0.3, 0.4) is 0 Å². The first-order valence-corrected chi connectivity index (χ1v) is 6.87. The van der Waals surface area contributed by atoms with Gasteiger partial charge in [0.05, 0.1) is 12.7 Å². The summed E-state index contributed by atoms with van der Waals surface area (Å²) >= 11 is 1.53. The van der Waals surface area contributed by atoms with Crippen molar-refractivity contribution in [1.82, 2.24) is 4.90 Å². The second kappa shape index (κ2) is 5.84. The minimum Gasteiger partial charge on any atom is -0.468 e. The van der Waals surface area contributed by atoms with E-state index in [1.165, 1.54) is 23.3 Å². The molecule has 0 aliphatic heterocycles. The number of ether oxygens (including phenoxy) is 1. The van der Waals surface area contributed by atoms with Crippen molar-refractivity contribution in [1.29, 1.82) is 0 Å². The summed E-state index contributed by atoms with van der Waals surface area (Å²) in [4.78, 5) is 25.2. The lowest BCUT2D eigenvalue weighted by atomic mass is 10.1. The van der Waals surface area contributed by atoms with Crippen LogP contribution in [0.25, 0.3) is 10.1 Å². The molecule has 0 bridgehead atoms. The largest absolute Gasteiger partial charge is 0.468 e. The number of amides is 1. The van der Waals surface area contributed by atoms with Crippen molar-refractivity contribution in [3.8, 4) is 0 Å². The molecule has 5 heteroatoms. The van der Waals surface area contributed by atoms with Crippen LogP contribution in [0.15, 0.2) is 29.6 Å². The van der Waals surface area contributed by atoms with Crippen LogP contribution in [-0.4, -0.2) is 37.0 Å². The molecule has 0 fully saturated rings. The third kappa shape index (κ3) is 2.76. The maximum Gasteiger partial charge on any atom is 0.325 e. The smallest absolute Gasteiger partial charge is 0.325 e. The lowest BCUT2D eigenvalue weighted by Gasteiger charge is -2.19. The second-order valence-corrected chi connectivity index (χ2v) is 4.95. The molecule has 2 aromatic rings. The zero-order chi connectivity index (χ0) is 13.8. The quantitative estimate of drug-likeness (QED) is 0.807. The Labute approximate surface area is 115 Å². The molecule has 0 saturated carbocycles. The van der Waals surface area contributed by atoms with Crippen LogP contribution in [0.2, 0.25) is 0 Å². The van der Waals surface area contributed by atoms with Crippen LogP contribution in [0, 0.1) is 0 Å². The van der Waals surface area contributed by atoms with Crippen LogP contribution < -0.4 is 0 Å². The average Bonchev–Trinajstić information content (AvgIpc) is 2.87. The van der Waals surface area contributed by atoms with Gasteiger partial charge in [0.25, 0.3) is 5.91 Å². The van der Waals surface area contributed by atoms with Gasteiger partial charge in [-0.1, -0.05) is 18.2 Å². The molecule has 0 aliphatic rings. The number of esters is 1. The summed E-state index contributed by atoms with van der Waals surface area (Å²) in [7, 11) is 1.32. The zero-order valence-electron chi connectivity index (χ0n) is 10.9. The Morgan fingerprint density at radius 2 is 2.05 bits per heavy atom. The summed E-state index contributed by atoms with van der Waals surface area (Å²) in [6.07, 6.45) is 0. The van der Waals surface area contributed by atoms with Crippen molar-refractivity contribution in [3.63, 3.8) is 0 Å². The molecule has 4 nitrogen and oxygen atoms in total. The van der Waals surface area contributed by atoms with E-state index in [2.05, 4.69) is 4.74 Å². The highest BCUT2D eigenvalue weighted by Crippen LogP contribution is 2.26. The number of hydrogen-bond donors (Lipinski definition) is 0. The van der Waals surface area contributed by atoms with Crippen molar-refractivity contribution >= 4 is 33.3 Å². The summed E-state index contributed by atoms with van der Waals surface area (Å²) in [6.45, 7) is 2.30. The Hall–Kier alpha value is -1.88. The molecule has 100 valence electrons. The molecule has 0 saturated heterocycles. The van der Waals surface area contributed by atoms with E-state index in [1.54, 1.807) is 0 Å². The maximum absolute atomic E-state index is 12.4. The standard InChI is InChI=1S/C14H15NO3S/c1-3-15(8-13(16)18-2)14(17)11-9-19-12-7-5-4-6-10(11)12/h4-7,9H,3,8H2,1-2H3. The van der Waals surface area contributed by atoms with E-state index in [4.69, 9.17) is 0 Å². The van der Waals surface area contributed by atoms with Gasteiger partial charge in [0.2, 0.25) is 0 Å². The average molecular weight is 277 g/mol. The number of carbonyl (C=O) groups is 2. The Kier molecular flexibility index (Phi) is 4.16. The number of methoxy groups -OCH3 is 1. The summed E-state index contributed by atoms with van der Waals surface area (Å²) in [5, 5.41) is 2.77. The normalized spacial score (nSPS) is 10.4. The molecule has 0 radical (unpaired) electrons. The predicted molar refractivity (Wildman–Crippen MR) is 75.4 cm³/mol. The highest BCUT2D eigenvalue weighted by Gasteiger charge is 2.20. The van der Waals surface area contributed by atoms with Gasteiger partial charge in [-0.25, -0.2) is 0 Å². The number of rotatable bonds is 4. The van der Waals surface area contributed by atoms with Gasteiger partial charge in [-0.3, -0.25) is 9.59 Å². The molecule has 1 heterocycles. The van der Waals surface area contributed by atoms with Crippen molar-refractivity contribution in [2.24, 2.45) is 0 Å². The Morgan fingerprint density at radius 1 is 1.32 bits per heavy atom. The SMILES string of the molecule is CCN(CC(=O)OC)C(=O)c1csc2ccccc12. The molecule has 19 heavy (non-hydrogen) atoms. The summed E-state index contributed by atoms with van der Waals surface area (Å²) in [5.74, 6) is -0.542. The number of fused-ring (bicyclic) bond motifs is 1. The highest BCUT2D eigenvalue weighted by molar-refractivity contribution is 7.17. The zero-order valence-corrected chi connectivity index (χ0v) is 11.7. The molecule has 1 aromatic heterocycles. The number of likely N-dealkylation sites (N-methyl/N-ethyl adjacent to an activating group) is 1. The fourth-order valence-corrected chi connectivity index (χ4v) is 2.80. The first-order valence-electron chi connectivity index (χ1n) is 5.99. The lowest BCUT2D eigenvalue weighted by Crippen LogP contribution is -2.35. The second-order valence-electron chi connectivity index (χ2n) is 4.04. The minimum atomic E-state index is -0.408. The number of hydrogen-bond acceptors (Lipinski definition) is 4. The van der Waals surface area contributed by atoms with E-state index in [0.29, 0.717) is 12.1 Å². The Bertz CT molecular complexity index is 606. The number of nitrogens with zero attached hydrogens (tertiary/aromatic N) is 1. The van der Waals surface area contributed by atoms with Crippen molar-refractivity contribution in [2.45, 2.75) is 6.92 Å². The van der Waals surface area contributed by atoms with Crippen LogP contribution in [0.5, 0.6) is 0 Å². The van der Waals surface area contributed by atoms with Gasteiger partial charge in [-0.15, -0.1) is 11.3 Å². The number of thiophene rings is 1. The molecule has 0 aliphatic carbocycles. The molecule has 0 N–H and O–H groups in total. The number of carbonyl (C=O) groups excluding carboxylic acids is 2. The van der Waals surface area contributed by atoms with Gasteiger partial charge < -0.3 is 9.64 Å². The van der Waals surface area contributed by atoms with Crippen molar-refractivity contribution in [2.75, 3.05) is 20.2 Å². The van der Waals surface area contributed by atoms with Gasteiger partial charge in [0.1, 0.15) is 6.54 Å². The van der Waals surface area contributed by atoms with Crippen LogP contribution in [0.4, 0.5) is 0 Å². The Morgan fingerprint density at radius 3 is 2.74 bits per heavy atom.